The van der Waals surface area contributed by atoms with Gasteiger partial charge in [-0.3, -0.25) is 10.4 Å². The van der Waals surface area contributed by atoms with Gasteiger partial charge in [-0.1, -0.05) is 6.92 Å². The number of hydrogen-bond acceptors (Lipinski definition) is 6. The fourth-order valence-electron chi connectivity index (χ4n) is 3.12. The van der Waals surface area contributed by atoms with Crippen LogP contribution in [0.25, 0.3) is 11.1 Å². The van der Waals surface area contributed by atoms with Crippen LogP contribution in [0.3, 0.4) is 0 Å². The van der Waals surface area contributed by atoms with E-state index in [4.69, 9.17) is 17.0 Å². The predicted octanol–water partition coefficient (Wildman–Crippen LogP) is 4.66. The number of H-pyrrole nitrogens is 1. The maximum atomic E-state index is 13.9. The van der Waals surface area contributed by atoms with Crippen molar-refractivity contribution >= 4 is 45.7 Å². The molecule has 0 aliphatic carbocycles. The van der Waals surface area contributed by atoms with Crippen LogP contribution in [-0.4, -0.2) is 39.1 Å². The largest absolute Gasteiger partial charge is 0.451 e. The Balaban J connectivity index is 2.07. The van der Waals surface area contributed by atoms with Gasteiger partial charge in [-0.05, 0) is 28.1 Å². The zero-order valence-electron chi connectivity index (χ0n) is 18.3. The van der Waals surface area contributed by atoms with E-state index in [0.717, 1.165) is 24.5 Å². The molecule has 1 atom stereocenters. The first-order valence-electron chi connectivity index (χ1n) is 9.88. The molecule has 1 unspecified atom stereocenters. The van der Waals surface area contributed by atoms with Crippen LogP contribution in [-0.2, 0) is 6.18 Å². The zero-order valence-corrected chi connectivity index (χ0v) is 19.9. The van der Waals surface area contributed by atoms with Crippen molar-refractivity contribution in [2.75, 3.05) is 0 Å². The lowest BCUT2D eigenvalue weighted by Crippen LogP contribution is -2.17. The number of nitrogens with zero attached hydrogens (tertiary/aromatic N) is 5. The quantitative estimate of drug-likeness (QED) is 0.107. The van der Waals surface area contributed by atoms with Gasteiger partial charge in [0.05, 0.1) is 23.3 Å². The summed E-state index contributed by atoms with van der Waals surface area (Å²) in [7, 11) is 0. The average molecular weight is 570 g/mol. The second-order valence-electron chi connectivity index (χ2n) is 7.17. The lowest BCUT2D eigenvalue weighted by atomic mass is 10.0. The average Bonchev–Trinajstić information content (AvgIpc) is 3.17. The number of nitrogens with one attached hydrogen (secondary N) is 2. The van der Waals surface area contributed by atoms with Crippen molar-refractivity contribution in [2.24, 2.45) is 26.7 Å². The van der Waals surface area contributed by atoms with Crippen LogP contribution in [0.5, 0.6) is 0 Å². The molecule has 0 saturated carbocycles. The van der Waals surface area contributed by atoms with Gasteiger partial charge in [0.15, 0.2) is 5.82 Å². The number of hydrogen-bond donors (Lipinski definition) is 4. The minimum atomic E-state index is -4.73. The van der Waals surface area contributed by atoms with Crippen molar-refractivity contribution in [3.63, 3.8) is 0 Å². The Hall–Kier alpha value is -4.01. The summed E-state index contributed by atoms with van der Waals surface area (Å²) in [5, 5.41) is 10.9. The van der Waals surface area contributed by atoms with Gasteiger partial charge in [0.25, 0.3) is 0 Å². The van der Waals surface area contributed by atoms with Gasteiger partial charge < -0.3 is 16.6 Å². The standard InChI is InChI=1S/C21H17BrF5N9/c1-9(14(36-30)7-31-13-3-2-11(23)4-12(13)24)17-16(22)15(18(35-17)19(29)34-8-28)10-5-32-20(33-6-10)21(25,26)27/h2-9,35H,30H2,1H3,(H3,28,29,34). The zero-order chi connectivity index (χ0) is 26.6. The Morgan fingerprint density at radius 1 is 1.22 bits per heavy atom. The molecule has 0 spiro atoms. The third-order valence-corrected chi connectivity index (χ3v) is 5.71. The molecule has 0 aliphatic heterocycles. The fraction of sp³-hybridized carbons (Fsp3) is 0.143. The second-order valence-corrected chi connectivity index (χ2v) is 7.96. The molecule has 15 heteroatoms. The maximum absolute atomic E-state index is 13.9. The predicted molar refractivity (Wildman–Crippen MR) is 129 cm³/mol. The number of halogens is 6. The molecule has 36 heavy (non-hydrogen) atoms. The summed E-state index contributed by atoms with van der Waals surface area (Å²) in [6, 6.07) is 2.85. The highest BCUT2D eigenvalue weighted by Gasteiger charge is 2.34. The van der Waals surface area contributed by atoms with Gasteiger partial charge in [-0.25, -0.2) is 23.7 Å². The van der Waals surface area contributed by atoms with Crippen LogP contribution in [0.15, 0.2) is 50.2 Å². The summed E-state index contributed by atoms with van der Waals surface area (Å²) in [5.41, 5.74) is 6.97. The highest BCUT2D eigenvalue weighted by atomic mass is 79.9. The Morgan fingerprint density at radius 2 is 1.89 bits per heavy atom. The highest BCUT2D eigenvalue weighted by Crippen LogP contribution is 2.38. The summed E-state index contributed by atoms with van der Waals surface area (Å²) < 4.78 is 66.1. The fourth-order valence-corrected chi connectivity index (χ4v) is 3.99. The first kappa shape index (κ1) is 26.6. The lowest BCUT2D eigenvalue weighted by Gasteiger charge is -2.10. The van der Waals surface area contributed by atoms with E-state index in [1.807, 2.05) is 0 Å². The van der Waals surface area contributed by atoms with E-state index in [2.05, 4.69) is 46.0 Å². The smallest absolute Gasteiger partial charge is 0.382 e. The molecule has 2 heterocycles. The SMILES string of the molecule is CC(C(C=Nc1ccc(F)cc1F)=NN)c1[nH]c(C(N)=NC=N)c(-c2cnc(C(F)(F)F)nc2)c1Br. The third kappa shape index (κ3) is 5.62. The molecule has 0 bridgehead atoms. The molecule has 0 saturated heterocycles. The van der Waals surface area contributed by atoms with E-state index in [9.17, 15) is 22.0 Å². The Morgan fingerprint density at radius 3 is 2.44 bits per heavy atom. The first-order valence-corrected chi connectivity index (χ1v) is 10.7. The van der Waals surface area contributed by atoms with Crippen molar-refractivity contribution in [3.8, 4) is 11.1 Å². The summed E-state index contributed by atoms with van der Waals surface area (Å²) in [5.74, 6) is 1.75. The van der Waals surface area contributed by atoms with E-state index < -0.39 is 29.6 Å². The van der Waals surface area contributed by atoms with E-state index in [0.29, 0.717) is 22.6 Å². The maximum Gasteiger partial charge on any atom is 0.451 e. The highest BCUT2D eigenvalue weighted by molar-refractivity contribution is 9.10. The lowest BCUT2D eigenvalue weighted by molar-refractivity contribution is -0.144. The molecule has 0 aliphatic rings. The van der Waals surface area contributed by atoms with Crippen molar-refractivity contribution in [2.45, 2.75) is 19.0 Å². The van der Waals surface area contributed by atoms with Crippen LogP contribution in [0, 0.1) is 17.0 Å². The molecular weight excluding hydrogens is 553 g/mol. The van der Waals surface area contributed by atoms with Gasteiger partial charge >= 0.3 is 6.18 Å². The van der Waals surface area contributed by atoms with Crippen LogP contribution < -0.4 is 11.6 Å². The Kier molecular flexibility index (Phi) is 7.92. The number of benzene rings is 1. The molecule has 0 fully saturated rings. The molecule has 6 N–H and O–H groups in total. The Labute approximate surface area is 208 Å². The number of amidine groups is 1. The number of aromatic amines is 1. The van der Waals surface area contributed by atoms with Gasteiger partial charge in [0.2, 0.25) is 5.82 Å². The number of rotatable bonds is 7. The van der Waals surface area contributed by atoms with Gasteiger partial charge in [0.1, 0.15) is 18.0 Å². The van der Waals surface area contributed by atoms with Crippen LogP contribution in [0.2, 0.25) is 0 Å². The summed E-state index contributed by atoms with van der Waals surface area (Å²) in [6.07, 6.45) is -0.917. The molecule has 0 amide bonds. The van der Waals surface area contributed by atoms with E-state index >= 15 is 0 Å². The van der Waals surface area contributed by atoms with Crippen molar-refractivity contribution < 1.29 is 22.0 Å². The molecule has 3 aromatic rings. The van der Waals surface area contributed by atoms with Crippen LogP contribution in [0.4, 0.5) is 27.6 Å². The minimum absolute atomic E-state index is 0.146. The molecule has 3 rings (SSSR count). The van der Waals surface area contributed by atoms with E-state index in [1.54, 1.807) is 6.92 Å². The first-order chi connectivity index (χ1) is 17.0. The molecule has 9 nitrogen and oxygen atoms in total. The molecular formula is C21H17BrF5N9. The van der Waals surface area contributed by atoms with Crippen molar-refractivity contribution in [3.05, 3.63) is 63.9 Å². The monoisotopic (exact) mass is 569 g/mol. The molecule has 1 aromatic carbocycles. The number of alkyl halides is 3. The summed E-state index contributed by atoms with van der Waals surface area (Å²) in [6.45, 7) is 1.66. The topological polar surface area (TPSA) is 155 Å². The summed E-state index contributed by atoms with van der Waals surface area (Å²) >= 11 is 3.41. The number of nitrogens with two attached hydrogens (primary N) is 2. The van der Waals surface area contributed by atoms with E-state index in [-0.39, 0.29) is 34.1 Å². The van der Waals surface area contributed by atoms with Crippen molar-refractivity contribution in [1.82, 2.24) is 15.0 Å². The summed E-state index contributed by atoms with van der Waals surface area (Å²) in [4.78, 5) is 17.4. The van der Waals surface area contributed by atoms with Gasteiger partial charge in [0, 0.05) is 45.7 Å². The number of aromatic nitrogens is 3. The minimum Gasteiger partial charge on any atom is -0.382 e. The molecule has 0 radical (unpaired) electrons. The van der Waals surface area contributed by atoms with Crippen molar-refractivity contribution in [1.29, 1.82) is 5.41 Å². The second kappa shape index (κ2) is 10.7. The number of hydrazone groups is 1. The normalized spacial score (nSPS) is 13.9. The Bertz CT molecular complexity index is 1360. The molecule has 188 valence electrons. The number of aliphatic imine (C=N–C) groups is 2. The third-order valence-electron chi connectivity index (χ3n) is 4.89. The van der Waals surface area contributed by atoms with Gasteiger partial charge in [-0.2, -0.15) is 18.3 Å². The molecule has 2 aromatic heterocycles. The van der Waals surface area contributed by atoms with Gasteiger partial charge in [-0.15, -0.1) is 0 Å². The van der Waals surface area contributed by atoms with Crippen LogP contribution in [0.1, 0.15) is 30.1 Å². The van der Waals surface area contributed by atoms with Crippen LogP contribution >= 0.6 is 15.9 Å². The van der Waals surface area contributed by atoms with E-state index in [1.165, 1.54) is 6.21 Å².